The van der Waals surface area contributed by atoms with Crippen LogP contribution >= 0.6 is 0 Å². The van der Waals surface area contributed by atoms with Crippen LogP contribution in [-0.2, 0) is 9.47 Å². The van der Waals surface area contributed by atoms with Crippen molar-refractivity contribution >= 4 is 11.5 Å². The Morgan fingerprint density at radius 3 is 3.00 bits per heavy atom. The SMILES string of the molecule is c1cn2cnnc2c(N2CCC(OCC3CCCO3)CC2)n1. The van der Waals surface area contributed by atoms with Gasteiger partial charge in [-0.2, -0.15) is 0 Å². The Hall–Kier alpha value is -1.73. The van der Waals surface area contributed by atoms with Crippen LogP contribution in [0.15, 0.2) is 18.7 Å². The van der Waals surface area contributed by atoms with Gasteiger partial charge in [-0.3, -0.25) is 4.40 Å². The van der Waals surface area contributed by atoms with Gasteiger partial charge in [0.15, 0.2) is 5.82 Å². The first-order valence-corrected chi connectivity index (χ1v) is 8.02. The lowest BCUT2D eigenvalue weighted by Crippen LogP contribution is -2.38. The van der Waals surface area contributed by atoms with E-state index in [0.717, 1.165) is 57.0 Å². The molecule has 118 valence electrons. The molecule has 2 aliphatic rings. The second-order valence-corrected chi connectivity index (χ2v) is 5.97. The first-order chi connectivity index (χ1) is 10.9. The predicted octanol–water partition coefficient (Wildman–Crippen LogP) is 1.29. The van der Waals surface area contributed by atoms with Crippen LogP contribution in [0.1, 0.15) is 25.7 Å². The third-order valence-electron chi connectivity index (χ3n) is 4.48. The highest BCUT2D eigenvalue weighted by molar-refractivity contribution is 5.63. The van der Waals surface area contributed by atoms with E-state index >= 15 is 0 Å². The molecule has 0 N–H and O–H groups in total. The normalized spacial score (nSPS) is 23.5. The van der Waals surface area contributed by atoms with Crippen molar-refractivity contribution in [2.24, 2.45) is 0 Å². The Morgan fingerprint density at radius 2 is 2.18 bits per heavy atom. The number of anilines is 1. The summed E-state index contributed by atoms with van der Waals surface area (Å²) in [6.45, 7) is 3.51. The highest BCUT2D eigenvalue weighted by atomic mass is 16.5. The molecular formula is C15H21N5O2. The van der Waals surface area contributed by atoms with Crippen molar-refractivity contribution in [1.29, 1.82) is 0 Å². The van der Waals surface area contributed by atoms with Gasteiger partial charge < -0.3 is 14.4 Å². The maximum absolute atomic E-state index is 6.02. The second-order valence-electron chi connectivity index (χ2n) is 5.97. The summed E-state index contributed by atoms with van der Waals surface area (Å²) in [5.41, 5.74) is 0.821. The van der Waals surface area contributed by atoms with Gasteiger partial charge >= 0.3 is 0 Å². The van der Waals surface area contributed by atoms with E-state index in [1.165, 1.54) is 6.42 Å². The molecule has 0 saturated carbocycles. The molecule has 2 aromatic rings. The summed E-state index contributed by atoms with van der Waals surface area (Å²) in [5.74, 6) is 0.914. The van der Waals surface area contributed by atoms with Gasteiger partial charge in [-0.1, -0.05) is 0 Å². The van der Waals surface area contributed by atoms with Gasteiger partial charge in [-0.25, -0.2) is 4.98 Å². The number of rotatable bonds is 4. The largest absolute Gasteiger partial charge is 0.376 e. The number of ether oxygens (including phenoxy) is 2. The van der Waals surface area contributed by atoms with Crippen molar-refractivity contribution in [2.75, 3.05) is 31.2 Å². The molecule has 0 aromatic carbocycles. The number of hydrogen-bond donors (Lipinski definition) is 0. The lowest BCUT2D eigenvalue weighted by Gasteiger charge is -2.33. The molecule has 0 bridgehead atoms. The zero-order valence-electron chi connectivity index (χ0n) is 12.6. The van der Waals surface area contributed by atoms with Crippen LogP contribution in [0.2, 0.25) is 0 Å². The van der Waals surface area contributed by atoms with E-state index in [9.17, 15) is 0 Å². The minimum atomic E-state index is 0.310. The molecule has 0 radical (unpaired) electrons. The van der Waals surface area contributed by atoms with Crippen LogP contribution in [0, 0.1) is 0 Å². The van der Waals surface area contributed by atoms with Gasteiger partial charge in [0.25, 0.3) is 0 Å². The number of piperidine rings is 1. The van der Waals surface area contributed by atoms with Crippen molar-refractivity contribution in [3.8, 4) is 0 Å². The molecule has 2 aromatic heterocycles. The molecule has 0 spiro atoms. The molecule has 1 unspecified atom stereocenters. The van der Waals surface area contributed by atoms with Crippen LogP contribution in [0.5, 0.6) is 0 Å². The highest BCUT2D eigenvalue weighted by Gasteiger charge is 2.24. The fraction of sp³-hybridized carbons (Fsp3) is 0.667. The Kier molecular flexibility index (Phi) is 3.90. The summed E-state index contributed by atoms with van der Waals surface area (Å²) >= 11 is 0. The Balaban J connectivity index is 1.34. The fourth-order valence-corrected chi connectivity index (χ4v) is 3.22. The smallest absolute Gasteiger partial charge is 0.203 e. The highest BCUT2D eigenvalue weighted by Crippen LogP contribution is 2.23. The lowest BCUT2D eigenvalue weighted by molar-refractivity contribution is -0.0280. The fourth-order valence-electron chi connectivity index (χ4n) is 3.22. The van der Waals surface area contributed by atoms with Crippen LogP contribution in [0.4, 0.5) is 5.82 Å². The molecule has 2 fully saturated rings. The number of nitrogens with zero attached hydrogens (tertiary/aromatic N) is 5. The van der Waals surface area contributed by atoms with Crippen LogP contribution in [-0.4, -0.2) is 58.1 Å². The third-order valence-corrected chi connectivity index (χ3v) is 4.48. The molecular weight excluding hydrogens is 282 g/mol. The molecule has 2 aliphatic heterocycles. The maximum Gasteiger partial charge on any atom is 0.203 e. The van der Waals surface area contributed by atoms with Crippen molar-refractivity contribution in [1.82, 2.24) is 19.6 Å². The average molecular weight is 303 g/mol. The second kappa shape index (κ2) is 6.18. The van der Waals surface area contributed by atoms with E-state index in [1.54, 1.807) is 12.5 Å². The predicted molar refractivity (Wildman–Crippen MR) is 80.9 cm³/mol. The molecule has 1 atom stereocenters. The molecule has 4 rings (SSSR count). The van der Waals surface area contributed by atoms with Gasteiger partial charge in [-0.05, 0) is 25.7 Å². The van der Waals surface area contributed by atoms with Gasteiger partial charge in [-0.15, -0.1) is 10.2 Å². The average Bonchev–Trinajstić information content (AvgIpc) is 3.24. The van der Waals surface area contributed by atoms with Gasteiger partial charge in [0.1, 0.15) is 6.33 Å². The topological polar surface area (TPSA) is 64.8 Å². The van der Waals surface area contributed by atoms with Crippen LogP contribution < -0.4 is 4.90 Å². The maximum atomic E-state index is 6.02. The van der Waals surface area contributed by atoms with Gasteiger partial charge in [0.2, 0.25) is 5.65 Å². The van der Waals surface area contributed by atoms with Crippen molar-refractivity contribution in [2.45, 2.75) is 37.9 Å². The Morgan fingerprint density at radius 1 is 1.27 bits per heavy atom. The standard InChI is InChI=1S/C15H21N5O2/c1-2-13(21-9-1)10-22-12-3-6-19(7-4-12)14-15-18-17-11-20(15)8-5-16-14/h5,8,11-13H,1-4,6-7,9-10H2. The van der Waals surface area contributed by atoms with Crippen molar-refractivity contribution in [3.05, 3.63) is 18.7 Å². The van der Waals surface area contributed by atoms with Gasteiger partial charge in [0.05, 0.1) is 18.8 Å². The zero-order chi connectivity index (χ0) is 14.8. The first-order valence-electron chi connectivity index (χ1n) is 8.02. The van der Waals surface area contributed by atoms with E-state index in [0.29, 0.717) is 12.2 Å². The lowest BCUT2D eigenvalue weighted by atomic mass is 10.1. The molecule has 22 heavy (non-hydrogen) atoms. The molecule has 7 nitrogen and oxygen atoms in total. The molecule has 0 aliphatic carbocycles. The Labute approximate surface area is 129 Å². The van der Waals surface area contributed by atoms with Crippen molar-refractivity contribution in [3.63, 3.8) is 0 Å². The summed E-state index contributed by atoms with van der Waals surface area (Å²) < 4.78 is 13.5. The summed E-state index contributed by atoms with van der Waals surface area (Å²) in [7, 11) is 0. The quantitative estimate of drug-likeness (QED) is 0.848. The van der Waals surface area contributed by atoms with E-state index in [-0.39, 0.29) is 0 Å². The molecule has 7 heteroatoms. The van der Waals surface area contributed by atoms with Crippen LogP contribution in [0.3, 0.4) is 0 Å². The van der Waals surface area contributed by atoms with E-state index in [4.69, 9.17) is 9.47 Å². The number of aromatic nitrogens is 4. The van der Waals surface area contributed by atoms with E-state index in [2.05, 4.69) is 20.1 Å². The van der Waals surface area contributed by atoms with Gasteiger partial charge in [0, 0.05) is 32.1 Å². The molecule has 4 heterocycles. The van der Waals surface area contributed by atoms with E-state index in [1.807, 2.05) is 10.6 Å². The molecule has 0 amide bonds. The summed E-state index contributed by atoms with van der Waals surface area (Å²) in [5, 5.41) is 8.12. The summed E-state index contributed by atoms with van der Waals surface area (Å²) in [6, 6.07) is 0. The minimum absolute atomic E-state index is 0.310. The summed E-state index contributed by atoms with van der Waals surface area (Å²) in [4.78, 5) is 6.75. The first kappa shape index (κ1) is 13.9. The number of fused-ring (bicyclic) bond motifs is 1. The summed E-state index contributed by atoms with van der Waals surface area (Å²) in [6.07, 6.45) is 10.4. The monoisotopic (exact) mass is 303 g/mol. The Bertz CT molecular complexity index is 617. The third kappa shape index (κ3) is 2.78. The van der Waals surface area contributed by atoms with Crippen LogP contribution in [0.25, 0.3) is 5.65 Å². The minimum Gasteiger partial charge on any atom is -0.376 e. The zero-order valence-corrected chi connectivity index (χ0v) is 12.6. The van der Waals surface area contributed by atoms with E-state index < -0.39 is 0 Å². The number of hydrogen-bond acceptors (Lipinski definition) is 6. The van der Waals surface area contributed by atoms with Crippen molar-refractivity contribution < 1.29 is 9.47 Å². The molecule has 2 saturated heterocycles.